The van der Waals surface area contributed by atoms with Gasteiger partial charge in [0.2, 0.25) is 0 Å². The van der Waals surface area contributed by atoms with Gasteiger partial charge in [0.15, 0.2) is 0 Å². The highest BCUT2D eigenvalue weighted by Crippen LogP contribution is 2.70. The van der Waals surface area contributed by atoms with Gasteiger partial charge in [-0.2, -0.15) is 0 Å². The highest BCUT2D eigenvalue weighted by molar-refractivity contribution is 5.76. The van der Waals surface area contributed by atoms with Crippen LogP contribution in [0.3, 0.4) is 0 Å². The molecule has 5 aliphatic rings. The fourth-order valence-corrected chi connectivity index (χ4v) is 8.11. The number of aryl methyl sites for hydroxylation is 1. The molecule has 0 unspecified atom stereocenters. The van der Waals surface area contributed by atoms with Crippen molar-refractivity contribution < 1.29 is 14.3 Å². The van der Waals surface area contributed by atoms with E-state index in [1.165, 1.54) is 30.5 Å². The summed E-state index contributed by atoms with van der Waals surface area (Å²) >= 11 is 0. The number of epoxide rings is 1. The van der Waals surface area contributed by atoms with Gasteiger partial charge in [-0.3, -0.25) is 9.69 Å². The molecule has 3 aliphatic heterocycles. The lowest BCUT2D eigenvalue weighted by molar-refractivity contribution is -0.146. The molecule has 6 rings (SSSR count). The molecule has 0 radical (unpaired) electrons. The quantitative estimate of drug-likeness (QED) is 0.527. The van der Waals surface area contributed by atoms with Gasteiger partial charge in [0.1, 0.15) is 11.7 Å². The summed E-state index contributed by atoms with van der Waals surface area (Å²) in [6, 6.07) is 9.22. The topological polar surface area (TPSA) is 45.3 Å². The monoisotopic (exact) mass is 438 g/mol. The van der Waals surface area contributed by atoms with Crippen LogP contribution in [0.2, 0.25) is 0 Å². The van der Waals surface area contributed by atoms with Crippen LogP contribution in [0.1, 0.15) is 52.0 Å². The molecule has 0 bridgehead atoms. The molecule has 174 valence electrons. The van der Waals surface area contributed by atoms with Crippen LogP contribution in [-0.4, -0.2) is 60.9 Å². The number of rotatable bonds is 3. The number of carbonyl (C=O) groups excluding carboxylic acids is 1. The number of piperazine rings is 1. The Morgan fingerprint density at radius 2 is 2.06 bits per heavy atom. The first kappa shape index (κ1) is 21.0. The second-order valence-corrected chi connectivity index (χ2v) is 11.7. The Morgan fingerprint density at radius 1 is 1.22 bits per heavy atom. The molecule has 3 heterocycles. The zero-order chi connectivity index (χ0) is 22.3. The number of anilines is 1. The Morgan fingerprint density at radius 3 is 2.84 bits per heavy atom. The summed E-state index contributed by atoms with van der Waals surface area (Å²) in [6.45, 7) is 13.0. The molecule has 1 aromatic carbocycles. The third kappa shape index (κ3) is 2.93. The maximum Gasteiger partial charge on any atom is 0.311 e. The summed E-state index contributed by atoms with van der Waals surface area (Å²) in [5.74, 6) is 0.803. The van der Waals surface area contributed by atoms with Gasteiger partial charge in [0, 0.05) is 49.2 Å². The Bertz CT molecular complexity index is 920. The van der Waals surface area contributed by atoms with E-state index in [9.17, 15) is 4.79 Å². The predicted molar refractivity (Wildman–Crippen MR) is 125 cm³/mol. The molecule has 3 saturated heterocycles. The lowest BCUT2D eigenvalue weighted by Gasteiger charge is -2.49. The van der Waals surface area contributed by atoms with Crippen molar-refractivity contribution in [2.45, 2.75) is 77.2 Å². The van der Waals surface area contributed by atoms with Gasteiger partial charge in [-0.05, 0) is 56.7 Å². The van der Waals surface area contributed by atoms with Crippen molar-refractivity contribution in [3.63, 3.8) is 0 Å². The van der Waals surface area contributed by atoms with Gasteiger partial charge < -0.3 is 14.4 Å². The van der Waals surface area contributed by atoms with Crippen LogP contribution in [0.5, 0.6) is 0 Å². The number of fused-ring (bicyclic) bond motifs is 2. The van der Waals surface area contributed by atoms with Crippen LogP contribution < -0.4 is 4.90 Å². The van der Waals surface area contributed by atoms with Crippen LogP contribution >= 0.6 is 0 Å². The van der Waals surface area contributed by atoms with Crippen molar-refractivity contribution in [1.29, 1.82) is 0 Å². The lowest BCUT2D eigenvalue weighted by atomic mass is 9.53. The predicted octanol–water partition coefficient (Wildman–Crippen LogP) is 4.03. The van der Waals surface area contributed by atoms with E-state index in [0.717, 1.165) is 32.6 Å². The van der Waals surface area contributed by atoms with Crippen molar-refractivity contribution in [2.75, 3.05) is 31.1 Å². The molecule has 1 aromatic rings. The van der Waals surface area contributed by atoms with Crippen LogP contribution in [-0.2, 0) is 14.3 Å². The average molecular weight is 439 g/mol. The Labute approximate surface area is 192 Å². The minimum absolute atomic E-state index is 0.00416. The summed E-state index contributed by atoms with van der Waals surface area (Å²) in [4.78, 5) is 18.1. The average Bonchev–Trinajstić information content (AvgIpc) is 3.43. The number of ether oxygens (including phenoxy) is 2. The number of esters is 1. The summed E-state index contributed by atoms with van der Waals surface area (Å²) in [7, 11) is 0. The molecule has 0 amide bonds. The SMILES string of the molecule is Cc1cccc(N2CCN(C[C@H]3C(=O)O[C@@H]4C[C@@]5(C)CCC[C@H](C)[C@@]56O[C@H]6[C@@H]43)C[C@H]2C)c1. The fraction of sp³-hybridized carbons (Fsp3) is 0.741. The van der Waals surface area contributed by atoms with E-state index in [1.54, 1.807) is 0 Å². The maximum atomic E-state index is 13.1. The molecule has 5 nitrogen and oxygen atoms in total. The van der Waals surface area contributed by atoms with E-state index >= 15 is 0 Å². The first-order chi connectivity index (χ1) is 15.3. The smallest absolute Gasteiger partial charge is 0.311 e. The molecule has 1 spiro atoms. The normalized spacial score (nSPS) is 45.6. The molecule has 0 aromatic heterocycles. The third-order valence-corrected chi connectivity index (χ3v) is 9.69. The third-order valence-electron chi connectivity index (χ3n) is 9.69. The first-order valence-electron chi connectivity index (χ1n) is 12.8. The van der Waals surface area contributed by atoms with Crippen molar-refractivity contribution in [1.82, 2.24) is 4.90 Å². The molecule has 8 atom stereocenters. The molecule has 2 aliphatic carbocycles. The molecular formula is C27H38N2O3. The standard InChI is InChI=1S/C27H38N2O3/c1-17-7-5-9-20(13-17)29-12-11-28(15-19(29)3)16-21-23-22(31-25(21)30)14-26(4)10-6-8-18(2)27(26)24(23)32-27/h5,7,9,13,18-19,21-24H,6,8,10-12,14-16H2,1-4H3/t18-,19+,21+,22+,23+,24-,26+,27-/m0/s1. The Balaban J connectivity index is 1.16. The summed E-state index contributed by atoms with van der Waals surface area (Å²) in [6.07, 6.45) is 4.98. The van der Waals surface area contributed by atoms with Gasteiger partial charge in [0.05, 0.1) is 12.0 Å². The second kappa shape index (κ2) is 7.20. The van der Waals surface area contributed by atoms with E-state index in [-0.39, 0.29) is 41.0 Å². The molecular weight excluding hydrogens is 400 g/mol. The first-order valence-corrected chi connectivity index (χ1v) is 12.8. The molecule has 2 saturated carbocycles. The van der Waals surface area contributed by atoms with Gasteiger partial charge in [0.25, 0.3) is 0 Å². The van der Waals surface area contributed by atoms with Crippen LogP contribution in [0.15, 0.2) is 24.3 Å². The number of nitrogens with zero attached hydrogens (tertiary/aromatic N) is 2. The van der Waals surface area contributed by atoms with Crippen molar-refractivity contribution in [2.24, 2.45) is 23.2 Å². The second-order valence-electron chi connectivity index (χ2n) is 11.7. The summed E-state index contributed by atoms with van der Waals surface area (Å²) < 4.78 is 12.7. The highest BCUT2D eigenvalue weighted by atomic mass is 16.6. The summed E-state index contributed by atoms with van der Waals surface area (Å²) in [5, 5.41) is 0. The molecule has 5 fully saturated rings. The van der Waals surface area contributed by atoms with Crippen LogP contribution in [0.4, 0.5) is 5.69 Å². The number of hydrogen-bond donors (Lipinski definition) is 0. The van der Waals surface area contributed by atoms with Crippen LogP contribution in [0.25, 0.3) is 0 Å². The van der Waals surface area contributed by atoms with E-state index in [1.807, 2.05) is 0 Å². The van der Waals surface area contributed by atoms with E-state index in [0.29, 0.717) is 12.0 Å². The highest BCUT2D eigenvalue weighted by Gasteiger charge is 2.78. The fourth-order valence-electron chi connectivity index (χ4n) is 8.11. The van der Waals surface area contributed by atoms with Gasteiger partial charge in [-0.15, -0.1) is 0 Å². The lowest BCUT2D eigenvalue weighted by Crippen LogP contribution is -2.56. The van der Waals surface area contributed by atoms with Gasteiger partial charge >= 0.3 is 5.97 Å². The zero-order valence-corrected chi connectivity index (χ0v) is 20.0. The minimum Gasteiger partial charge on any atom is -0.462 e. The van der Waals surface area contributed by atoms with Crippen LogP contribution in [0, 0.1) is 30.1 Å². The van der Waals surface area contributed by atoms with Crippen molar-refractivity contribution in [3.8, 4) is 0 Å². The number of hydrogen-bond acceptors (Lipinski definition) is 5. The number of benzene rings is 1. The van der Waals surface area contributed by atoms with Crippen molar-refractivity contribution in [3.05, 3.63) is 29.8 Å². The van der Waals surface area contributed by atoms with Gasteiger partial charge in [-0.25, -0.2) is 0 Å². The number of carbonyl (C=O) groups is 1. The molecule has 0 N–H and O–H groups in total. The molecule has 32 heavy (non-hydrogen) atoms. The summed E-state index contributed by atoms with van der Waals surface area (Å²) in [5.41, 5.74) is 2.77. The Hall–Kier alpha value is -1.59. The maximum absolute atomic E-state index is 13.1. The zero-order valence-electron chi connectivity index (χ0n) is 20.0. The van der Waals surface area contributed by atoms with E-state index in [2.05, 4.69) is 61.8 Å². The van der Waals surface area contributed by atoms with Crippen molar-refractivity contribution >= 4 is 11.7 Å². The van der Waals surface area contributed by atoms with E-state index < -0.39 is 0 Å². The van der Waals surface area contributed by atoms with E-state index in [4.69, 9.17) is 9.47 Å². The molecule has 5 heteroatoms. The Kier molecular flexibility index (Phi) is 4.72. The van der Waals surface area contributed by atoms with Gasteiger partial charge in [-0.1, -0.05) is 32.4 Å². The largest absolute Gasteiger partial charge is 0.462 e. The minimum atomic E-state index is -0.0410.